The number of hydrogen-bond acceptors (Lipinski definition) is 2. The van der Waals surface area contributed by atoms with Crippen LogP contribution in [0.15, 0.2) is 24.5 Å². The molecule has 0 N–H and O–H groups in total. The summed E-state index contributed by atoms with van der Waals surface area (Å²) in [6.45, 7) is 8.52. The summed E-state index contributed by atoms with van der Waals surface area (Å²) in [7, 11) is 0. The van der Waals surface area contributed by atoms with Crippen LogP contribution in [0.5, 0.6) is 0 Å². The van der Waals surface area contributed by atoms with Gasteiger partial charge in [0.05, 0.1) is 0 Å². The molecule has 0 bridgehead atoms. The summed E-state index contributed by atoms with van der Waals surface area (Å²) in [5.41, 5.74) is -0.466. The minimum Gasteiger partial charge on any atom is -0.442 e. The Bertz CT molecular complexity index is 366. The molecular weight excluding hydrogens is 240 g/mol. The zero-order valence-electron chi connectivity index (χ0n) is 12.6. The van der Waals surface area contributed by atoms with E-state index in [9.17, 15) is 4.79 Å². The van der Waals surface area contributed by atoms with Gasteiger partial charge in [0.1, 0.15) is 5.60 Å². The Morgan fingerprint density at radius 1 is 1.16 bits per heavy atom. The molecule has 1 aromatic rings. The lowest BCUT2D eigenvalue weighted by Gasteiger charge is -2.28. The number of ether oxygens (including phenoxy) is 1. The van der Waals surface area contributed by atoms with Crippen molar-refractivity contribution in [1.29, 1.82) is 0 Å². The molecular formula is C15H26N2O2. The molecule has 1 amide bonds. The Hall–Kier alpha value is -1.45. The molecule has 0 saturated carbocycles. The topological polar surface area (TPSA) is 34.5 Å². The van der Waals surface area contributed by atoms with E-state index < -0.39 is 5.60 Å². The summed E-state index contributed by atoms with van der Waals surface area (Å²) in [5, 5.41) is 1.65. The van der Waals surface area contributed by atoms with Gasteiger partial charge in [-0.15, -0.1) is 0 Å². The quantitative estimate of drug-likeness (QED) is 0.731. The van der Waals surface area contributed by atoms with Gasteiger partial charge in [-0.1, -0.05) is 26.2 Å². The Balaban J connectivity index is 2.62. The van der Waals surface area contributed by atoms with Crippen molar-refractivity contribution < 1.29 is 9.53 Å². The van der Waals surface area contributed by atoms with Gasteiger partial charge in [-0.25, -0.2) is 9.80 Å². The van der Waals surface area contributed by atoms with Crippen molar-refractivity contribution in [3.05, 3.63) is 24.5 Å². The first-order valence-corrected chi connectivity index (χ1v) is 7.08. The fraction of sp³-hybridized carbons (Fsp3) is 0.667. The molecule has 0 aliphatic carbocycles. The normalized spacial score (nSPS) is 11.4. The molecule has 4 nitrogen and oxygen atoms in total. The second-order valence-corrected chi connectivity index (χ2v) is 5.73. The summed E-state index contributed by atoms with van der Waals surface area (Å²) in [4.78, 5) is 12.2. The van der Waals surface area contributed by atoms with Crippen molar-refractivity contribution in [2.45, 2.75) is 59.0 Å². The third kappa shape index (κ3) is 5.81. The summed E-state index contributed by atoms with van der Waals surface area (Å²) in [6.07, 6.45) is 7.96. The highest BCUT2D eigenvalue weighted by Crippen LogP contribution is 2.11. The molecule has 0 aromatic carbocycles. The molecule has 4 heteroatoms. The minimum atomic E-state index is -0.466. The van der Waals surface area contributed by atoms with E-state index in [-0.39, 0.29) is 6.09 Å². The first-order valence-electron chi connectivity index (χ1n) is 7.08. The van der Waals surface area contributed by atoms with E-state index in [0.29, 0.717) is 6.54 Å². The van der Waals surface area contributed by atoms with E-state index in [1.54, 1.807) is 9.69 Å². The highest BCUT2D eigenvalue weighted by molar-refractivity contribution is 5.78. The number of nitrogens with zero attached hydrogens (tertiary/aromatic N) is 2. The van der Waals surface area contributed by atoms with Crippen molar-refractivity contribution >= 4 is 6.09 Å². The van der Waals surface area contributed by atoms with Crippen LogP contribution in [-0.4, -0.2) is 22.9 Å². The second kappa shape index (κ2) is 7.22. The summed E-state index contributed by atoms with van der Waals surface area (Å²) >= 11 is 0. The lowest BCUT2D eigenvalue weighted by atomic mass is 10.2. The van der Waals surface area contributed by atoms with Crippen LogP contribution in [0.4, 0.5) is 4.79 Å². The average Bonchev–Trinajstić information content (AvgIpc) is 2.80. The molecule has 0 radical (unpaired) electrons. The summed E-state index contributed by atoms with van der Waals surface area (Å²) in [5.74, 6) is 0. The molecule has 1 rings (SSSR count). The fourth-order valence-corrected chi connectivity index (χ4v) is 1.79. The predicted molar refractivity (Wildman–Crippen MR) is 77.9 cm³/mol. The molecule has 0 atom stereocenters. The van der Waals surface area contributed by atoms with E-state index in [4.69, 9.17) is 4.74 Å². The summed E-state index contributed by atoms with van der Waals surface area (Å²) < 4.78 is 7.24. The second-order valence-electron chi connectivity index (χ2n) is 5.73. The van der Waals surface area contributed by atoms with Crippen LogP contribution >= 0.6 is 0 Å². The SMILES string of the molecule is CCCCCCN(C(=O)OC(C)(C)C)n1cccc1. The highest BCUT2D eigenvalue weighted by atomic mass is 16.6. The Morgan fingerprint density at radius 2 is 1.79 bits per heavy atom. The van der Waals surface area contributed by atoms with E-state index in [2.05, 4.69) is 6.92 Å². The smallest absolute Gasteiger partial charge is 0.429 e. The third-order valence-electron chi connectivity index (χ3n) is 2.70. The van der Waals surface area contributed by atoms with Crippen LogP contribution in [0.1, 0.15) is 53.4 Å². The van der Waals surface area contributed by atoms with Crippen molar-refractivity contribution in [2.24, 2.45) is 0 Å². The van der Waals surface area contributed by atoms with Crippen LogP contribution in [0.2, 0.25) is 0 Å². The largest absolute Gasteiger partial charge is 0.442 e. The monoisotopic (exact) mass is 266 g/mol. The molecule has 108 valence electrons. The molecule has 19 heavy (non-hydrogen) atoms. The van der Waals surface area contributed by atoms with Gasteiger partial charge in [0.2, 0.25) is 0 Å². The van der Waals surface area contributed by atoms with Gasteiger partial charge in [0.25, 0.3) is 0 Å². The number of unbranched alkanes of at least 4 members (excludes halogenated alkanes) is 3. The maximum Gasteiger partial charge on any atom is 0.429 e. The van der Waals surface area contributed by atoms with E-state index in [1.165, 1.54) is 12.8 Å². The van der Waals surface area contributed by atoms with Crippen molar-refractivity contribution in [1.82, 2.24) is 4.68 Å². The molecule has 0 spiro atoms. The maximum atomic E-state index is 12.2. The Labute approximate surface area is 116 Å². The molecule has 1 heterocycles. The Morgan fingerprint density at radius 3 is 2.32 bits per heavy atom. The summed E-state index contributed by atoms with van der Waals surface area (Å²) in [6, 6.07) is 3.81. The number of hydrogen-bond donors (Lipinski definition) is 0. The fourth-order valence-electron chi connectivity index (χ4n) is 1.79. The lowest BCUT2D eigenvalue weighted by Crippen LogP contribution is -2.43. The van der Waals surface area contributed by atoms with Gasteiger partial charge < -0.3 is 4.74 Å². The molecule has 0 aliphatic heterocycles. The van der Waals surface area contributed by atoms with E-state index in [1.807, 2.05) is 45.3 Å². The number of rotatable bonds is 6. The van der Waals surface area contributed by atoms with Gasteiger partial charge in [0, 0.05) is 18.9 Å². The minimum absolute atomic E-state index is 0.291. The zero-order chi connectivity index (χ0) is 14.3. The molecule has 0 fully saturated rings. The van der Waals surface area contributed by atoms with Gasteiger partial charge >= 0.3 is 6.09 Å². The van der Waals surface area contributed by atoms with Gasteiger partial charge in [-0.2, -0.15) is 0 Å². The van der Waals surface area contributed by atoms with Crippen molar-refractivity contribution in [2.75, 3.05) is 11.6 Å². The number of carbonyl (C=O) groups is 1. The van der Waals surface area contributed by atoms with Crippen LogP contribution in [0.3, 0.4) is 0 Å². The van der Waals surface area contributed by atoms with Crippen molar-refractivity contribution in [3.63, 3.8) is 0 Å². The number of amides is 1. The van der Waals surface area contributed by atoms with Gasteiger partial charge in [0.15, 0.2) is 0 Å². The highest BCUT2D eigenvalue weighted by Gasteiger charge is 2.22. The van der Waals surface area contributed by atoms with Crippen LogP contribution < -0.4 is 5.01 Å². The predicted octanol–water partition coefficient (Wildman–Crippen LogP) is 3.94. The van der Waals surface area contributed by atoms with Gasteiger partial charge in [-0.3, -0.25) is 4.68 Å². The van der Waals surface area contributed by atoms with Crippen LogP contribution in [0, 0.1) is 0 Å². The Kier molecular flexibility index (Phi) is 5.93. The average molecular weight is 266 g/mol. The van der Waals surface area contributed by atoms with Crippen LogP contribution in [-0.2, 0) is 4.74 Å². The zero-order valence-corrected chi connectivity index (χ0v) is 12.6. The third-order valence-corrected chi connectivity index (χ3v) is 2.70. The van der Waals surface area contributed by atoms with E-state index in [0.717, 1.165) is 12.8 Å². The first kappa shape index (κ1) is 15.6. The van der Waals surface area contributed by atoms with Crippen LogP contribution in [0.25, 0.3) is 0 Å². The standard InChI is InChI=1S/C15H26N2O2/c1-5-6-7-8-13-17(16-11-9-10-12-16)14(18)19-15(2,3)4/h9-12H,5-8,13H2,1-4H3. The first-order chi connectivity index (χ1) is 8.94. The van der Waals surface area contributed by atoms with E-state index >= 15 is 0 Å². The maximum absolute atomic E-state index is 12.2. The van der Waals surface area contributed by atoms with Crippen molar-refractivity contribution in [3.8, 4) is 0 Å². The van der Waals surface area contributed by atoms with Gasteiger partial charge in [-0.05, 0) is 39.3 Å². The number of aromatic nitrogens is 1. The molecule has 0 saturated heterocycles. The lowest BCUT2D eigenvalue weighted by molar-refractivity contribution is 0.0537. The number of carbonyl (C=O) groups excluding carboxylic acids is 1. The molecule has 0 aliphatic rings. The molecule has 0 unspecified atom stereocenters. The molecule has 1 aromatic heterocycles.